The lowest BCUT2D eigenvalue weighted by Crippen LogP contribution is -2.46. The zero-order valence-corrected chi connectivity index (χ0v) is 11.9. The number of carbonyl (C=O) groups excluding carboxylic acids is 1. The fourth-order valence-corrected chi connectivity index (χ4v) is 2.18. The highest BCUT2D eigenvalue weighted by atomic mass is 16.5. The van der Waals surface area contributed by atoms with Crippen molar-refractivity contribution >= 4 is 16.7 Å². The molecule has 2 N–H and O–H groups in total. The van der Waals surface area contributed by atoms with Crippen molar-refractivity contribution in [2.45, 2.75) is 19.4 Å². The van der Waals surface area contributed by atoms with E-state index >= 15 is 0 Å². The third kappa shape index (κ3) is 3.08. The van der Waals surface area contributed by atoms with Gasteiger partial charge >= 0.3 is 0 Å². The van der Waals surface area contributed by atoms with Crippen LogP contribution in [0.15, 0.2) is 36.4 Å². The molecule has 0 spiro atoms. The number of carbonyl (C=O) groups is 1. The summed E-state index contributed by atoms with van der Waals surface area (Å²) in [6.45, 7) is 4.13. The van der Waals surface area contributed by atoms with Crippen LogP contribution in [0.25, 0.3) is 10.8 Å². The average molecular weight is 273 g/mol. The van der Waals surface area contributed by atoms with Gasteiger partial charge in [-0.2, -0.15) is 0 Å². The van der Waals surface area contributed by atoms with Crippen LogP contribution in [-0.4, -0.2) is 30.3 Å². The van der Waals surface area contributed by atoms with Crippen molar-refractivity contribution in [2.75, 3.05) is 13.7 Å². The van der Waals surface area contributed by atoms with E-state index in [0.717, 1.165) is 10.8 Å². The van der Waals surface area contributed by atoms with Crippen molar-refractivity contribution in [1.29, 1.82) is 0 Å². The summed E-state index contributed by atoms with van der Waals surface area (Å²) in [6, 6.07) is 10.9. The molecule has 0 atom stereocenters. The number of aromatic hydroxyl groups is 1. The molecule has 0 radical (unpaired) electrons. The Labute approximate surface area is 118 Å². The van der Waals surface area contributed by atoms with E-state index in [9.17, 15) is 9.90 Å². The number of ether oxygens (including phenoxy) is 1. The van der Waals surface area contributed by atoms with Gasteiger partial charge in [-0.15, -0.1) is 0 Å². The molecular weight excluding hydrogens is 254 g/mol. The first-order valence-electron chi connectivity index (χ1n) is 6.46. The highest BCUT2D eigenvalue weighted by Gasteiger charge is 2.22. The van der Waals surface area contributed by atoms with Crippen LogP contribution < -0.4 is 5.32 Å². The summed E-state index contributed by atoms with van der Waals surface area (Å²) < 4.78 is 5.07. The number of phenols is 1. The number of hydrogen-bond acceptors (Lipinski definition) is 3. The van der Waals surface area contributed by atoms with Crippen LogP contribution in [0.4, 0.5) is 0 Å². The Morgan fingerprint density at radius 3 is 2.45 bits per heavy atom. The van der Waals surface area contributed by atoms with E-state index in [1.165, 1.54) is 0 Å². The van der Waals surface area contributed by atoms with Gasteiger partial charge in [0.1, 0.15) is 5.75 Å². The van der Waals surface area contributed by atoms with E-state index < -0.39 is 5.54 Å². The molecule has 2 aromatic carbocycles. The van der Waals surface area contributed by atoms with E-state index in [2.05, 4.69) is 5.32 Å². The van der Waals surface area contributed by atoms with E-state index in [-0.39, 0.29) is 17.2 Å². The van der Waals surface area contributed by atoms with E-state index in [0.29, 0.717) is 6.61 Å². The van der Waals surface area contributed by atoms with Crippen molar-refractivity contribution in [3.8, 4) is 5.75 Å². The molecule has 0 aliphatic heterocycles. The van der Waals surface area contributed by atoms with Gasteiger partial charge in [-0.25, -0.2) is 0 Å². The highest BCUT2D eigenvalue weighted by Crippen LogP contribution is 2.25. The molecule has 2 aromatic rings. The molecule has 0 fully saturated rings. The maximum atomic E-state index is 12.3. The molecule has 20 heavy (non-hydrogen) atoms. The molecule has 0 bridgehead atoms. The summed E-state index contributed by atoms with van der Waals surface area (Å²) in [5.74, 6) is -0.329. The summed E-state index contributed by atoms with van der Waals surface area (Å²) in [5, 5.41) is 14.7. The molecule has 0 aromatic heterocycles. The van der Waals surface area contributed by atoms with Gasteiger partial charge < -0.3 is 15.2 Å². The van der Waals surface area contributed by atoms with Gasteiger partial charge in [-0.3, -0.25) is 4.79 Å². The lowest BCUT2D eigenvalue weighted by Gasteiger charge is -2.25. The Hall–Kier alpha value is -2.07. The molecular formula is C16H19NO3. The zero-order chi connectivity index (χ0) is 14.8. The standard InChI is InChI=1S/C16H19NO3/c1-16(2,10-20-3)17-15(19)13-8-11-6-4-5-7-12(11)9-14(13)18/h4-9,18H,10H2,1-3H3,(H,17,19). The zero-order valence-electron chi connectivity index (χ0n) is 11.9. The van der Waals surface area contributed by atoms with Crippen molar-refractivity contribution in [1.82, 2.24) is 5.32 Å². The fraction of sp³-hybridized carbons (Fsp3) is 0.312. The summed E-state index contributed by atoms with van der Waals surface area (Å²) in [5.41, 5.74) is -0.225. The SMILES string of the molecule is COCC(C)(C)NC(=O)c1cc2ccccc2cc1O. The number of nitrogens with one attached hydrogen (secondary N) is 1. The fourth-order valence-electron chi connectivity index (χ4n) is 2.18. The number of fused-ring (bicyclic) bond motifs is 1. The molecule has 0 aliphatic carbocycles. The summed E-state index contributed by atoms with van der Waals surface area (Å²) in [4.78, 5) is 12.3. The normalized spacial score (nSPS) is 11.6. The lowest BCUT2D eigenvalue weighted by atomic mass is 10.0. The topological polar surface area (TPSA) is 58.6 Å². The summed E-state index contributed by atoms with van der Waals surface area (Å²) in [6.07, 6.45) is 0. The Kier molecular flexibility index (Phi) is 3.95. The molecule has 0 saturated heterocycles. The summed E-state index contributed by atoms with van der Waals surface area (Å²) in [7, 11) is 1.58. The minimum absolute atomic E-state index is 0.0191. The Morgan fingerprint density at radius 1 is 1.25 bits per heavy atom. The maximum Gasteiger partial charge on any atom is 0.255 e. The second-order valence-electron chi connectivity index (χ2n) is 5.49. The molecule has 1 amide bonds. The van der Waals surface area contributed by atoms with Gasteiger partial charge in [0.15, 0.2) is 0 Å². The molecule has 4 nitrogen and oxygen atoms in total. The van der Waals surface area contributed by atoms with Crippen LogP contribution in [0.2, 0.25) is 0 Å². The van der Waals surface area contributed by atoms with Gasteiger partial charge in [0, 0.05) is 7.11 Å². The first-order chi connectivity index (χ1) is 9.43. The lowest BCUT2D eigenvalue weighted by molar-refractivity contribution is 0.0817. The van der Waals surface area contributed by atoms with Crippen molar-refractivity contribution in [3.05, 3.63) is 42.0 Å². The van der Waals surface area contributed by atoms with Gasteiger partial charge in [0.05, 0.1) is 17.7 Å². The minimum Gasteiger partial charge on any atom is -0.507 e. The van der Waals surface area contributed by atoms with Crippen LogP contribution in [0.3, 0.4) is 0 Å². The first-order valence-corrected chi connectivity index (χ1v) is 6.46. The predicted octanol–water partition coefficient (Wildman–Crippen LogP) is 2.70. The van der Waals surface area contributed by atoms with Crippen LogP contribution in [0, 0.1) is 0 Å². The van der Waals surface area contributed by atoms with Gasteiger partial charge in [0.2, 0.25) is 0 Å². The third-order valence-electron chi connectivity index (χ3n) is 3.07. The predicted molar refractivity (Wildman–Crippen MR) is 79.0 cm³/mol. The van der Waals surface area contributed by atoms with Crippen LogP contribution in [-0.2, 0) is 4.74 Å². The van der Waals surface area contributed by atoms with Gasteiger partial charge in [-0.05, 0) is 36.8 Å². The smallest absolute Gasteiger partial charge is 0.255 e. The van der Waals surface area contributed by atoms with Crippen LogP contribution in [0.1, 0.15) is 24.2 Å². The Bertz CT molecular complexity index is 635. The molecule has 0 heterocycles. The molecule has 0 unspecified atom stereocenters. The molecule has 106 valence electrons. The largest absolute Gasteiger partial charge is 0.507 e. The molecule has 4 heteroatoms. The second kappa shape index (κ2) is 5.51. The Morgan fingerprint density at radius 2 is 1.85 bits per heavy atom. The highest BCUT2D eigenvalue weighted by molar-refractivity contribution is 6.01. The van der Waals surface area contributed by atoms with Gasteiger partial charge in [-0.1, -0.05) is 24.3 Å². The van der Waals surface area contributed by atoms with Crippen molar-refractivity contribution in [3.63, 3.8) is 0 Å². The molecule has 0 saturated carbocycles. The molecule has 0 aliphatic rings. The van der Waals surface area contributed by atoms with Crippen molar-refractivity contribution in [2.24, 2.45) is 0 Å². The van der Waals surface area contributed by atoms with E-state index in [1.54, 1.807) is 19.2 Å². The molecule has 2 rings (SSSR count). The number of rotatable bonds is 4. The van der Waals surface area contributed by atoms with Gasteiger partial charge in [0.25, 0.3) is 5.91 Å². The number of benzene rings is 2. The van der Waals surface area contributed by atoms with E-state index in [4.69, 9.17) is 4.74 Å². The summed E-state index contributed by atoms with van der Waals surface area (Å²) >= 11 is 0. The Balaban J connectivity index is 2.32. The number of amides is 1. The number of phenolic OH excluding ortho intramolecular Hbond substituents is 1. The van der Waals surface area contributed by atoms with Crippen LogP contribution in [0.5, 0.6) is 5.75 Å². The second-order valence-corrected chi connectivity index (χ2v) is 5.49. The first kappa shape index (κ1) is 14.3. The monoisotopic (exact) mass is 273 g/mol. The minimum atomic E-state index is -0.496. The van der Waals surface area contributed by atoms with Crippen molar-refractivity contribution < 1.29 is 14.6 Å². The van der Waals surface area contributed by atoms with E-state index in [1.807, 2.05) is 38.1 Å². The quantitative estimate of drug-likeness (QED) is 0.900. The maximum absolute atomic E-state index is 12.3. The third-order valence-corrected chi connectivity index (χ3v) is 3.07. The average Bonchev–Trinajstić information content (AvgIpc) is 2.37. The number of methoxy groups -OCH3 is 1. The number of hydrogen-bond donors (Lipinski definition) is 2. The van der Waals surface area contributed by atoms with Crippen LogP contribution >= 0.6 is 0 Å².